The maximum absolute atomic E-state index is 5.79. The maximum Gasteiger partial charge on any atom is 0.224 e. The Morgan fingerprint density at radius 3 is 2.73 bits per heavy atom. The number of nitrogens with zero attached hydrogens (tertiary/aromatic N) is 2. The molecule has 0 saturated heterocycles. The summed E-state index contributed by atoms with van der Waals surface area (Å²) in [5, 5.41) is 3.80. The number of nitrogens with one attached hydrogen (secondary N) is 1. The Kier molecular flexibility index (Phi) is 2.83. The number of aromatic nitrogens is 2. The van der Waals surface area contributed by atoms with Gasteiger partial charge in [-0.25, -0.2) is 9.97 Å². The molecule has 0 aromatic carbocycles. The fourth-order valence-electron chi connectivity index (χ4n) is 2.11. The minimum absolute atomic E-state index is 0.183. The highest BCUT2D eigenvalue weighted by molar-refractivity contribution is 6.28. The van der Waals surface area contributed by atoms with Gasteiger partial charge in [0.1, 0.15) is 5.82 Å². The lowest BCUT2D eigenvalue weighted by Crippen LogP contribution is -2.31. The average molecular weight is 226 g/mol. The first kappa shape index (κ1) is 10.7. The molecule has 0 bridgehead atoms. The van der Waals surface area contributed by atoms with Crippen LogP contribution in [0.25, 0.3) is 0 Å². The SMILES string of the molecule is Cc1cnc(Cl)nc1NC1(C)CCCC1. The quantitative estimate of drug-likeness (QED) is 0.786. The second-order valence-electron chi connectivity index (χ2n) is 4.56. The van der Waals surface area contributed by atoms with Crippen LogP contribution in [-0.4, -0.2) is 15.5 Å². The first-order chi connectivity index (χ1) is 7.09. The standard InChI is InChI=1S/C11H16ClN3/c1-8-7-13-10(12)14-9(8)15-11(2)5-3-4-6-11/h7H,3-6H2,1-2H3,(H,13,14,15). The number of anilines is 1. The number of aryl methyl sites for hydroxylation is 1. The van der Waals surface area contributed by atoms with Crippen molar-refractivity contribution in [1.29, 1.82) is 0 Å². The van der Waals surface area contributed by atoms with E-state index in [2.05, 4.69) is 22.2 Å². The van der Waals surface area contributed by atoms with Gasteiger partial charge < -0.3 is 5.32 Å². The second-order valence-corrected chi connectivity index (χ2v) is 4.90. The Morgan fingerprint density at radius 2 is 2.07 bits per heavy atom. The smallest absolute Gasteiger partial charge is 0.224 e. The van der Waals surface area contributed by atoms with Crippen molar-refractivity contribution in [2.75, 3.05) is 5.32 Å². The van der Waals surface area contributed by atoms with Crippen molar-refractivity contribution in [1.82, 2.24) is 9.97 Å². The molecule has 0 amide bonds. The van der Waals surface area contributed by atoms with Gasteiger partial charge in [-0.3, -0.25) is 0 Å². The molecule has 82 valence electrons. The van der Waals surface area contributed by atoms with Crippen LogP contribution in [0, 0.1) is 6.92 Å². The fraction of sp³-hybridized carbons (Fsp3) is 0.636. The molecular formula is C11H16ClN3. The van der Waals surface area contributed by atoms with E-state index in [1.54, 1.807) is 6.20 Å². The van der Waals surface area contributed by atoms with Gasteiger partial charge in [0.2, 0.25) is 5.28 Å². The number of rotatable bonds is 2. The molecule has 1 aromatic rings. The third-order valence-corrected chi connectivity index (χ3v) is 3.25. The van der Waals surface area contributed by atoms with Crippen LogP contribution in [0.15, 0.2) is 6.20 Å². The highest BCUT2D eigenvalue weighted by Gasteiger charge is 2.29. The van der Waals surface area contributed by atoms with Gasteiger partial charge in [-0.15, -0.1) is 0 Å². The van der Waals surface area contributed by atoms with E-state index in [0.29, 0.717) is 5.28 Å². The van der Waals surface area contributed by atoms with Crippen molar-refractivity contribution in [3.8, 4) is 0 Å². The number of hydrogen-bond acceptors (Lipinski definition) is 3. The highest BCUT2D eigenvalue weighted by Crippen LogP contribution is 2.32. The van der Waals surface area contributed by atoms with Gasteiger partial charge in [0.05, 0.1) is 0 Å². The second kappa shape index (κ2) is 3.97. The molecule has 1 N–H and O–H groups in total. The van der Waals surface area contributed by atoms with Crippen molar-refractivity contribution in [2.24, 2.45) is 0 Å². The monoisotopic (exact) mass is 225 g/mol. The van der Waals surface area contributed by atoms with Gasteiger partial charge in [0.15, 0.2) is 0 Å². The molecule has 1 aliphatic carbocycles. The molecule has 1 fully saturated rings. The molecule has 0 spiro atoms. The van der Waals surface area contributed by atoms with Crippen molar-refractivity contribution >= 4 is 17.4 Å². The minimum atomic E-state index is 0.183. The highest BCUT2D eigenvalue weighted by atomic mass is 35.5. The van der Waals surface area contributed by atoms with Crippen LogP contribution in [0.1, 0.15) is 38.2 Å². The third-order valence-electron chi connectivity index (χ3n) is 3.07. The lowest BCUT2D eigenvalue weighted by Gasteiger charge is -2.26. The van der Waals surface area contributed by atoms with Crippen molar-refractivity contribution in [3.05, 3.63) is 17.0 Å². The molecule has 1 aromatic heterocycles. The van der Waals surface area contributed by atoms with Crippen molar-refractivity contribution in [3.63, 3.8) is 0 Å². The molecule has 2 rings (SSSR count). The lowest BCUT2D eigenvalue weighted by molar-refractivity contribution is 0.530. The van der Waals surface area contributed by atoms with Crippen molar-refractivity contribution < 1.29 is 0 Å². The summed E-state index contributed by atoms with van der Waals surface area (Å²) >= 11 is 5.79. The third kappa shape index (κ3) is 2.40. The number of halogens is 1. The van der Waals surface area contributed by atoms with E-state index in [4.69, 9.17) is 11.6 Å². The van der Waals surface area contributed by atoms with Crippen LogP contribution < -0.4 is 5.32 Å². The Balaban J connectivity index is 2.19. The van der Waals surface area contributed by atoms with Crippen LogP contribution in [0.2, 0.25) is 5.28 Å². The van der Waals surface area contributed by atoms with Crippen LogP contribution in [0.5, 0.6) is 0 Å². The topological polar surface area (TPSA) is 37.8 Å². The summed E-state index contributed by atoms with van der Waals surface area (Å²) in [7, 11) is 0. The summed E-state index contributed by atoms with van der Waals surface area (Å²) in [6.07, 6.45) is 6.75. The molecule has 1 saturated carbocycles. The van der Waals surface area contributed by atoms with E-state index < -0.39 is 0 Å². The molecule has 0 unspecified atom stereocenters. The molecule has 0 radical (unpaired) electrons. The molecule has 1 aliphatic rings. The van der Waals surface area contributed by atoms with E-state index in [9.17, 15) is 0 Å². The Morgan fingerprint density at radius 1 is 1.40 bits per heavy atom. The van der Waals surface area contributed by atoms with Crippen LogP contribution in [-0.2, 0) is 0 Å². The largest absolute Gasteiger partial charge is 0.365 e. The summed E-state index contributed by atoms with van der Waals surface area (Å²) < 4.78 is 0. The zero-order valence-electron chi connectivity index (χ0n) is 9.18. The molecule has 0 aliphatic heterocycles. The minimum Gasteiger partial charge on any atom is -0.365 e. The Bertz CT molecular complexity index is 359. The summed E-state index contributed by atoms with van der Waals surface area (Å²) in [6, 6.07) is 0. The van der Waals surface area contributed by atoms with E-state index >= 15 is 0 Å². The summed E-state index contributed by atoms with van der Waals surface area (Å²) in [5.41, 5.74) is 1.23. The van der Waals surface area contributed by atoms with E-state index in [0.717, 1.165) is 11.4 Å². The predicted molar refractivity (Wildman–Crippen MR) is 62.3 cm³/mol. The number of hydrogen-bond donors (Lipinski definition) is 1. The van der Waals surface area contributed by atoms with Gasteiger partial charge in [-0.2, -0.15) is 0 Å². The zero-order chi connectivity index (χ0) is 10.9. The van der Waals surface area contributed by atoms with Crippen LogP contribution in [0.3, 0.4) is 0 Å². The molecular weight excluding hydrogens is 210 g/mol. The zero-order valence-corrected chi connectivity index (χ0v) is 9.93. The van der Waals surface area contributed by atoms with Crippen molar-refractivity contribution in [2.45, 2.75) is 45.1 Å². The Hall–Kier alpha value is -0.830. The molecule has 0 atom stereocenters. The first-order valence-electron chi connectivity index (χ1n) is 5.36. The van der Waals surface area contributed by atoms with E-state index in [1.807, 2.05) is 6.92 Å². The normalized spacial score (nSPS) is 19.1. The van der Waals surface area contributed by atoms with E-state index in [1.165, 1.54) is 25.7 Å². The maximum atomic E-state index is 5.79. The molecule has 1 heterocycles. The summed E-state index contributed by atoms with van der Waals surface area (Å²) in [5.74, 6) is 0.874. The first-order valence-corrected chi connectivity index (χ1v) is 5.74. The van der Waals surface area contributed by atoms with Gasteiger partial charge in [-0.1, -0.05) is 12.8 Å². The van der Waals surface area contributed by atoms with Crippen LogP contribution >= 0.6 is 11.6 Å². The van der Waals surface area contributed by atoms with E-state index in [-0.39, 0.29) is 5.54 Å². The average Bonchev–Trinajstić information content (AvgIpc) is 2.59. The summed E-state index contributed by atoms with van der Waals surface area (Å²) in [6.45, 7) is 4.24. The van der Waals surface area contributed by atoms with Gasteiger partial charge in [0.25, 0.3) is 0 Å². The van der Waals surface area contributed by atoms with Gasteiger partial charge >= 0.3 is 0 Å². The summed E-state index contributed by atoms with van der Waals surface area (Å²) in [4.78, 5) is 8.18. The Labute approximate surface area is 95.3 Å². The van der Waals surface area contributed by atoms with Crippen LogP contribution in [0.4, 0.5) is 5.82 Å². The molecule has 3 nitrogen and oxygen atoms in total. The van der Waals surface area contributed by atoms with Gasteiger partial charge in [-0.05, 0) is 38.3 Å². The predicted octanol–water partition coefficient (Wildman–Crippen LogP) is 3.18. The van der Waals surface area contributed by atoms with Gasteiger partial charge in [0, 0.05) is 17.3 Å². The molecule has 15 heavy (non-hydrogen) atoms. The fourth-order valence-corrected chi connectivity index (χ4v) is 2.25. The molecule has 4 heteroatoms. The lowest BCUT2D eigenvalue weighted by atomic mass is 10.0.